The van der Waals surface area contributed by atoms with Gasteiger partial charge >= 0.3 is 6.03 Å². The summed E-state index contributed by atoms with van der Waals surface area (Å²) in [5.41, 5.74) is 3.45. The van der Waals surface area contributed by atoms with E-state index in [0.717, 1.165) is 44.0 Å². The largest absolute Gasteiger partial charge is 0.322 e. The molecule has 2 amide bonds. The van der Waals surface area contributed by atoms with Crippen molar-refractivity contribution in [1.29, 1.82) is 0 Å². The molecular weight excluding hydrogens is 334 g/mol. The Balaban J connectivity index is 1.44. The highest BCUT2D eigenvalue weighted by Gasteiger charge is 2.21. The van der Waals surface area contributed by atoms with Crippen molar-refractivity contribution in [2.24, 2.45) is 0 Å². The summed E-state index contributed by atoms with van der Waals surface area (Å²) >= 11 is 6.03. The van der Waals surface area contributed by atoms with Crippen LogP contribution in [0.1, 0.15) is 37.7 Å². The average molecular weight is 362 g/mol. The Hall–Kier alpha value is -1.52. The lowest BCUT2D eigenvalue weighted by Gasteiger charge is -2.35. The number of aryl methyl sites for hydroxylation is 1. The van der Waals surface area contributed by atoms with Gasteiger partial charge in [0.15, 0.2) is 0 Å². The van der Waals surface area contributed by atoms with Crippen LogP contribution in [-0.4, -0.2) is 48.6 Å². The summed E-state index contributed by atoms with van der Waals surface area (Å²) in [6.07, 6.45) is 8.86. The van der Waals surface area contributed by atoms with Crippen molar-refractivity contribution in [2.45, 2.75) is 39.0 Å². The van der Waals surface area contributed by atoms with E-state index in [1.807, 2.05) is 30.0 Å². The highest BCUT2D eigenvalue weighted by atomic mass is 35.5. The van der Waals surface area contributed by atoms with Crippen LogP contribution >= 0.6 is 11.6 Å². The molecule has 0 atom stereocenters. The van der Waals surface area contributed by atoms with E-state index in [1.54, 1.807) is 5.57 Å². The standard InChI is InChI=1S/C20H28ClN3O/c1-16-7-8-18(21)15-19(16)22-20(25)24-13-11-23(12-14-24)10-9-17-5-3-2-4-6-17/h5,7-8,15H,2-4,6,9-14H2,1H3,(H,22,25). The molecule has 1 saturated heterocycles. The Morgan fingerprint density at radius 2 is 2.00 bits per heavy atom. The van der Waals surface area contributed by atoms with Crippen molar-refractivity contribution in [2.75, 3.05) is 38.0 Å². The first-order chi connectivity index (χ1) is 12.1. The number of benzene rings is 1. The lowest BCUT2D eigenvalue weighted by atomic mass is 9.97. The molecule has 1 aliphatic carbocycles. The third-order valence-corrected chi connectivity index (χ3v) is 5.47. The van der Waals surface area contributed by atoms with Gasteiger partial charge in [0.2, 0.25) is 0 Å². The maximum atomic E-state index is 12.5. The van der Waals surface area contributed by atoms with Gasteiger partial charge in [0, 0.05) is 43.4 Å². The van der Waals surface area contributed by atoms with E-state index in [9.17, 15) is 4.79 Å². The average Bonchev–Trinajstić information content (AvgIpc) is 2.64. The SMILES string of the molecule is Cc1ccc(Cl)cc1NC(=O)N1CCN(CCC2=CCCCC2)CC1. The molecule has 1 aromatic carbocycles. The Morgan fingerprint density at radius 1 is 1.20 bits per heavy atom. The number of piperazine rings is 1. The molecule has 0 radical (unpaired) electrons. The third-order valence-electron chi connectivity index (χ3n) is 5.23. The zero-order valence-corrected chi connectivity index (χ0v) is 15.8. The molecule has 0 aromatic heterocycles. The minimum atomic E-state index is -0.0278. The fourth-order valence-corrected chi connectivity index (χ4v) is 3.70. The predicted octanol–water partition coefficient (Wildman–Crippen LogP) is 4.69. The molecule has 4 nitrogen and oxygen atoms in total. The van der Waals surface area contributed by atoms with Crippen LogP contribution in [0.2, 0.25) is 5.02 Å². The molecule has 3 rings (SSSR count). The molecule has 1 heterocycles. The Morgan fingerprint density at radius 3 is 2.72 bits per heavy atom. The fraction of sp³-hybridized carbons (Fsp3) is 0.550. The van der Waals surface area contributed by atoms with Crippen LogP contribution in [0.5, 0.6) is 0 Å². The number of carbonyl (C=O) groups excluding carboxylic acids is 1. The first kappa shape index (κ1) is 18.3. The topological polar surface area (TPSA) is 35.6 Å². The Bertz CT molecular complexity index is 636. The lowest BCUT2D eigenvalue weighted by molar-refractivity contribution is 0.148. The van der Waals surface area contributed by atoms with Crippen molar-refractivity contribution in [3.8, 4) is 0 Å². The summed E-state index contributed by atoms with van der Waals surface area (Å²) in [5, 5.41) is 3.64. The number of nitrogens with one attached hydrogen (secondary N) is 1. The van der Waals surface area contributed by atoms with E-state index in [1.165, 1.54) is 32.1 Å². The van der Waals surface area contributed by atoms with Crippen molar-refractivity contribution in [3.63, 3.8) is 0 Å². The van der Waals surface area contributed by atoms with Crippen LogP contribution in [0, 0.1) is 6.92 Å². The molecule has 0 unspecified atom stereocenters. The van der Waals surface area contributed by atoms with E-state index < -0.39 is 0 Å². The predicted molar refractivity (Wildman–Crippen MR) is 104 cm³/mol. The van der Waals surface area contributed by atoms with Gasteiger partial charge in [-0.15, -0.1) is 0 Å². The van der Waals surface area contributed by atoms with Crippen LogP contribution in [-0.2, 0) is 0 Å². The molecule has 5 heteroatoms. The molecule has 0 saturated carbocycles. The highest BCUT2D eigenvalue weighted by Crippen LogP contribution is 2.22. The summed E-state index contributed by atoms with van der Waals surface area (Å²) in [7, 11) is 0. The number of urea groups is 1. The maximum Gasteiger partial charge on any atom is 0.321 e. The summed E-state index contributed by atoms with van der Waals surface area (Å²) in [6, 6.07) is 5.55. The molecule has 25 heavy (non-hydrogen) atoms. The van der Waals surface area contributed by atoms with Gasteiger partial charge in [0.1, 0.15) is 0 Å². The Kier molecular flexibility index (Phi) is 6.38. The molecule has 1 aliphatic heterocycles. The van der Waals surface area contributed by atoms with Gasteiger partial charge in [-0.1, -0.05) is 29.3 Å². The number of rotatable bonds is 4. The molecule has 1 fully saturated rings. The van der Waals surface area contributed by atoms with Gasteiger partial charge in [-0.05, 0) is 56.7 Å². The second kappa shape index (κ2) is 8.72. The zero-order chi connectivity index (χ0) is 17.6. The molecule has 0 bridgehead atoms. The lowest BCUT2D eigenvalue weighted by Crippen LogP contribution is -2.50. The number of allylic oxidation sites excluding steroid dienone is 1. The number of nitrogens with zero attached hydrogens (tertiary/aromatic N) is 2. The van der Waals surface area contributed by atoms with Gasteiger partial charge in [-0.25, -0.2) is 4.79 Å². The summed E-state index contributed by atoms with van der Waals surface area (Å²) in [5.74, 6) is 0. The number of carbonyl (C=O) groups is 1. The Labute approximate surface area is 155 Å². The molecular formula is C20H28ClN3O. The smallest absolute Gasteiger partial charge is 0.321 e. The van der Waals surface area contributed by atoms with Crippen LogP contribution in [0.3, 0.4) is 0 Å². The quantitative estimate of drug-likeness (QED) is 0.790. The van der Waals surface area contributed by atoms with Crippen LogP contribution in [0.15, 0.2) is 29.8 Å². The zero-order valence-electron chi connectivity index (χ0n) is 15.1. The van der Waals surface area contributed by atoms with Crippen LogP contribution in [0.4, 0.5) is 10.5 Å². The van der Waals surface area contributed by atoms with Crippen molar-refractivity contribution >= 4 is 23.3 Å². The summed E-state index contributed by atoms with van der Waals surface area (Å²) in [4.78, 5) is 16.9. The van der Waals surface area contributed by atoms with E-state index in [0.29, 0.717) is 5.02 Å². The van der Waals surface area contributed by atoms with Crippen molar-refractivity contribution in [3.05, 3.63) is 40.4 Å². The number of anilines is 1. The first-order valence-corrected chi connectivity index (χ1v) is 9.72. The van der Waals surface area contributed by atoms with Gasteiger partial charge in [-0.3, -0.25) is 4.90 Å². The maximum absolute atomic E-state index is 12.5. The summed E-state index contributed by atoms with van der Waals surface area (Å²) < 4.78 is 0. The first-order valence-electron chi connectivity index (χ1n) is 9.34. The second-order valence-electron chi connectivity index (χ2n) is 7.08. The van der Waals surface area contributed by atoms with Gasteiger partial charge in [-0.2, -0.15) is 0 Å². The highest BCUT2D eigenvalue weighted by molar-refractivity contribution is 6.31. The number of hydrogen-bond acceptors (Lipinski definition) is 2. The van der Waals surface area contributed by atoms with Gasteiger partial charge in [0.25, 0.3) is 0 Å². The van der Waals surface area contributed by atoms with Crippen LogP contribution in [0.25, 0.3) is 0 Å². The molecule has 136 valence electrons. The van der Waals surface area contributed by atoms with Crippen molar-refractivity contribution in [1.82, 2.24) is 9.80 Å². The monoisotopic (exact) mass is 361 g/mol. The minimum Gasteiger partial charge on any atom is -0.322 e. The second-order valence-corrected chi connectivity index (χ2v) is 7.51. The number of halogens is 1. The number of amides is 2. The molecule has 1 N–H and O–H groups in total. The third kappa shape index (κ3) is 5.23. The summed E-state index contributed by atoms with van der Waals surface area (Å²) in [6.45, 7) is 6.57. The number of hydrogen-bond donors (Lipinski definition) is 1. The van der Waals surface area contributed by atoms with Gasteiger partial charge in [0.05, 0.1) is 0 Å². The van der Waals surface area contributed by atoms with E-state index in [2.05, 4.69) is 16.3 Å². The van der Waals surface area contributed by atoms with Gasteiger partial charge < -0.3 is 10.2 Å². The minimum absolute atomic E-state index is 0.0278. The normalized spacial score (nSPS) is 18.8. The van der Waals surface area contributed by atoms with E-state index >= 15 is 0 Å². The molecule has 2 aliphatic rings. The van der Waals surface area contributed by atoms with E-state index in [-0.39, 0.29) is 6.03 Å². The van der Waals surface area contributed by atoms with E-state index in [4.69, 9.17) is 11.6 Å². The molecule has 1 aromatic rings. The van der Waals surface area contributed by atoms with Crippen molar-refractivity contribution < 1.29 is 4.79 Å². The fourth-order valence-electron chi connectivity index (χ4n) is 3.53. The molecule has 0 spiro atoms. The van der Waals surface area contributed by atoms with Crippen LogP contribution < -0.4 is 5.32 Å².